The van der Waals surface area contributed by atoms with Crippen molar-refractivity contribution in [3.05, 3.63) is 0 Å². The molecular formula is C14H30N2O2SSi. The van der Waals surface area contributed by atoms with E-state index in [1.807, 2.05) is 0 Å². The lowest BCUT2D eigenvalue weighted by atomic mass is 10.2. The molecule has 1 atom stereocenters. The van der Waals surface area contributed by atoms with Gasteiger partial charge in [-0.15, -0.1) is 0 Å². The van der Waals surface area contributed by atoms with Gasteiger partial charge in [-0.3, -0.25) is 9.59 Å². The zero-order valence-corrected chi connectivity index (χ0v) is 15.2. The number of unbranched alkanes of at least 4 members (excludes halogenated alkanes) is 3. The van der Waals surface area contributed by atoms with Crippen molar-refractivity contribution in [2.45, 2.75) is 64.3 Å². The molecule has 0 unspecified atom stereocenters. The number of amides is 2. The molecule has 2 N–H and O–H groups in total. The van der Waals surface area contributed by atoms with Gasteiger partial charge in [-0.05, 0) is 6.42 Å². The summed E-state index contributed by atoms with van der Waals surface area (Å²) in [4.78, 5) is 22.7. The number of carbonyl (C=O) groups excluding carboxylic acids is 2. The molecule has 0 radical (unpaired) electrons. The van der Waals surface area contributed by atoms with Crippen molar-refractivity contribution in [2.75, 3.05) is 12.3 Å². The summed E-state index contributed by atoms with van der Waals surface area (Å²) in [6, 6.07) is 0.853. The van der Waals surface area contributed by atoms with E-state index in [9.17, 15) is 9.59 Å². The minimum absolute atomic E-state index is 0.141. The predicted molar refractivity (Wildman–Crippen MR) is 91.1 cm³/mol. The van der Waals surface area contributed by atoms with Crippen LogP contribution < -0.4 is 10.6 Å². The average Bonchev–Trinajstić information content (AvgIpc) is 2.32. The number of hydrogen-bond donors (Lipinski definition) is 3. The van der Waals surface area contributed by atoms with Crippen LogP contribution in [0, 0.1) is 0 Å². The van der Waals surface area contributed by atoms with Crippen molar-refractivity contribution >= 4 is 32.5 Å². The van der Waals surface area contributed by atoms with E-state index < -0.39 is 14.1 Å². The first-order chi connectivity index (χ1) is 9.26. The van der Waals surface area contributed by atoms with Gasteiger partial charge in [0, 0.05) is 27.3 Å². The fourth-order valence-electron chi connectivity index (χ4n) is 1.91. The largest absolute Gasteiger partial charge is 0.354 e. The Bertz CT molecular complexity index is 306. The maximum atomic E-state index is 11.8. The first kappa shape index (κ1) is 19.5. The zero-order chi connectivity index (χ0) is 15.6. The molecule has 0 rings (SSSR count). The molecule has 0 aromatic heterocycles. The summed E-state index contributed by atoms with van der Waals surface area (Å²) in [5, 5.41) is 5.44. The van der Waals surface area contributed by atoms with E-state index in [2.05, 4.69) is 42.9 Å². The number of hydrogen-bond acceptors (Lipinski definition) is 3. The van der Waals surface area contributed by atoms with E-state index in [-0.39, 0.29) is 11.8 Å². The first-order valence-electron chi connectivity index (χ1n) is 7.42. The molecule has 0 spiro atoms. The quantitative estimate of drug-likeness (QED) is 0.329. The second-order valence-electron chi connectivity index (χ2n) is 6.45. The Balaban J connectivity index is 3.63. The molecule has 0 aliphatic rings. The zero-order valence-electron chi connectivity index (χ0n) is 13.3. The smallest absolute Gasteiger partial charge is 0.243 e. The summed E-state index contributed by atoms with van der Waals surface area (Å²) < 4.78 is 0. The maximum absolute atomic E-state index is 11.8. The van der Waals surface area contributed by atoms with Crippen molar-refractivity contribution in [3.63, 3.8) is 0 Å². The molecule has 2 amide bonds. The lowest BCUT2D eigenvalue weighted by Crippen LogP contribution is -2.47. The highest BCUT2D eigenvalue weighted by molar-refractivity contribution is 7.80. The van der Waals surface area contributed by atoms with Crippen LogP contribution in [0.15, 0.2) is 0 Å². The van der Waals surface area contributed by atoms with Crippen LogP contribution in [0.3, 0.4) is 0 Å². The third kappa shape index (κ3) is 11.3. The van der Waals surface area contributed by atoms with E-state index in [0.29, 0.717) is 12.3 Å². The summed E-state index contributed by atoms with van der Waals surface area (Å²) >= 11 is 4.08. The van der Waals surface area contributed by atoms with Gasteiger partial charge < -0.3 is 10.6 Å². The average molecular weight is 319 g/mol. The van der Waals surface area contributed by atoms with Crippen LogP contribution in [-0.2, 0) is 9.59 Å². The fourth-order valence-corrected chi connectivity index (χ4v) is 3.48. The Kier molecular flexibility index (Phi) is 10.0. The van der Waals surface area contributed by atoms with Gasteiger partial charge in [-0.25, -0.2) is 0 Å². The van der Waals surface area contributed by atoms with Crippen LogP contribution >= 0.6 is 12.6 Å². The Morgan fingerprint density at radius 2 is 1.70 bits per heavy atom. The minimum Gasteiger partial charge on any atom is -0.354 e. The molecule has 0 aliphatic carbocycles. The van der Waals surface area contributed by atoms with Crippen LogP contribution in [0.2, 0.25) is 25.7 Å². The number of thiol groups is 1. The molecule has 0 saturated heterocycles. The molecule has 4 nitrogen and oxygen atoms in total. The summed E-state index contributed by atoms with van der Waals surface area (Å²) in [7, 11) is -0.898. The highest BCUT2D eigenvalue weighted by Gasteiger charge is 2.16. The second-order valence-corrected chi connectivity index (χ2v) is 12.4. The Morgan fingerprint density at radius 3 is 2.20 bits per heavy atom. The standard InChI is InChI=1S/C14H30N2O2SSi/c1-12(17)16-13(11-19)14(18)15-9-7-5-6-8-10-20(2,3)4/h13,19H,5-11H2,1-4H3,(H,15,18)(H,16,17)/t13-/m0/s1. The summed E-state index contributed by atoms with van der Waals surface area (Å²) in [5.74, 6) is -0.0235. The van der Waals surface area contributed by atoms with Gasteiger partial charge >= 0.3 is 0 Å². The summed E-state index contributed by atoms with van der Waals surface area (Å²) in [6.07, 6.45) is 4.68. The van der Waals surface area contributed by atoms with Gasteiger partial charge in [-0.1, -0.05) is 44.9 Å². The highest BCUT2D eigenvalue weighted by atomic mass is 32.1. The van der Waals surface area contributed by atoms with Crippen LogP contribution in [0.4, 0.5) is 0 Å². The van der Waals surface area contributed by atoms with Crippen molar-refractivity contribution < 1.29 is 9.59 Å². The van der Waals surface area contributed by atoms with Crippen LogP contribution in [0.25, 0.3) is 0 Å². The van der Waals surface area contributed by atoms with E-state index in [1.54, 1.807) is 0 Å². The fraction of sp³-hybridized carbons (Fsp3) is 0.857. The lowest BCUT2D eigenvalue weighted by molar-refractivity contribution is -0.127. The molecule has 118 valence electrons. The molecule has 0 aromatic rings. The Morgan fingerprint density at radius 1 is 1.10 bits per heavy atom. The molecule has 20 heavy (non-hydrogen) atoms. The summed E-state index contributed by atoms with van der Waals surface area (Å²) in [5.41, 5.74) is 0. The van der Waals surface area contributed by atoms with Gasteiger partial charge in [0.2, 0.25) is 11.8 Å². The highest BCUT2D eigenvalue weighted by Crippen LogP contribution is 2.14. The van der Waals surface area contributed by atoms with Crippen LogP contribution in [-0.4, -0.2) is 38.2 Å². The maximum Gasteiger partial charge on any atom is 0.243 e. The summed E-state index contributed by atoms with van der Waals surface area (Å²) in [6.45, 7) is 9.27. The molecule has 0 heterocycles. The van der Waals surface area contributed by atoms with Crippen LogP contribution in [0.1, 0.15) is 32.6 Å². The molecule has 0 fully saturated rings. The first-order valence-corrected chi connectivity index (χ1v) is 11.8. The number of rotatable bonds is 10. The van der Waals surface area contributed by atoms with Crippen molar-refractivity contribution in [3.8, 4) is 0 Å². The van der Waals surface area contributed by atoms with Gasteiger partial charge in [0.15, 0.2) is 0 Å². The lowest BCUT2D eigenvalue weighted by Gasteiger charge is -2.16. The molecule has 0 saturated carbocycles. The van der Waals surface area contributed by atoms with Crippen LogP contribution in [0.5, 0.6) is 0 Å². The molecule has 0 aromatic carbocycles. The number of carbonyl (C=O) groups is 2. The molecule has 6 heteroatoms. The Hall–Kier alpha value is -0.493. The van der Waals surface area contributed by atoms with E-state index in [1.165, 1.54) is 25.8 Å². The predicted octanol–water partition coefficient (Wildman–Crippen LogP) is 2.44. The molecular weight excluding hydrogens is 288 g/mol. The van der Waals surface area contributed by atoms with Crippen molar-refractivity contribution in [1.29, 1.82) is 0 Å². The monoisotopic (exact) mass is 318 g/mol. The Labute approximate surface area is 129 Å². The normalized spacial score (nSPS) is 12.8. The van der Waals surface area contributed by atoms with E-state index >= 15 is 0 Å². The van der Waals surface area contributed by atoms with Gasteiger partial charge in [0.1, 0.15) is 6.04 Å². The minimum atomic E-state index is -0.898. The third-order valence-electron chi connectivity index (χ3n) is 3.03. The van der Waals surface area contributed by atoms with Crippen molar-refractivity contribution in [1.82, 2.24) is 10.6 Å². The van der Waals surface area contributed by atoms with Crippen molar-refractivity contribution in [2.24, 2.45) is 0 Å². The van der Waals surface area contributed by atoms with E-state index in [4.69, 9.17) is 0 Å². The molecule has 0 bridgehead atoms. The topological polar surface area (TPSA) is 58.2 Å². The third-order valence-corrected chi connectivity index (χ3v) is 5.25. The number of nitrogens with one attached hydrogen (secondary N) is 2. The van der Waals surface area contributed by atoms with Gasteiger partial charge in [-0.2, -0.15) is 12.6 Å². The molecule has 0 aliphatic heterocycles. The SMILES string of the molecule is CC(=O)N[C@@H](CS)C(=O)NCCCCCC[Si](C)(C)C. The second kappa shape index (κ2) is 10.3. The van der Waals surface area contributed by atoms with E-state index in [0.717, 1.165) is 12.8 Å². The van der Waals surface area contributed by atoms with Gasteiger partial charge in [0.25, 0.3) is 0 Å². The van der Waals surface area contributed by atoms with Gasteiger partial charge in [0.05, 0.1) is 0 Å².